The smallest absolute Gasteiger partial charge is 0.251 e. The van der Waals surface area contributed by atoms with Crippen LogP contribution in [-0.2, 0) is 23.9 Å². The summed E-state index contributed by atoms with van der Waals surface area (Å²) in [6, 6.07) is 5.76. The van der Waals surface area contributed by atoms with Crippen LogP contribution in [0, 0.1) is 0 Å². The zero-order valence-corrected chi connectivity index (χ0v) is 11.5. The lowest BCUT2D eigenvalue weighted by Crippen LogP contribution is -2.32. The first-order valence-electron chi connectivity index (χ1n) is 6.01. The molecule has 1 heterocycles. The third kappa shape index (κ3) is 2.97. The Morgan fingerprint density at radius 1 is 1.44 bits per heavy atom. The Hall–Kier alpha value is -1.20. The topological polar surface area (TPSA) is 58.2 Å². The molecule has 0 aliphatic carbocycles. The molecule has 0 bridgehead atoms. The second-order valence-electron chi connectivity index (χ2n) is 4.61. The first-order valence-corrected chi connectivity index (χ1v) is 7.63. The van der Waals surface area contributed by atoms with Gasteiger partial charge in [-0.15, -0.1) is 0 Å². The number of carbonyl (C=O) groups is 1. The third-order valence-corrected chi connectivity index (χ3v) is 4.52. The standard InChI is InChI=1S/C13H18N2O2S/c1-9(18(2)17)6-15-13(16)10-3-4-11-7-14-8-12(11)5-10/h3-5,9,14H,6-8H2,1-2H3,(H,15,16). The van der Waals surface area contributed by atoms with E-state index in [0.29, 0.717) is 12.1 Å². The molecule has 1 amide bonds. The fourth-order valence-corrected chi connectivity index (χ4v) is 2.21. The molecule has 18 heavy (non-hydrogen) atoms. The summed E-state index contributed by atoms with van der Waals surface area (Å²) in [4.78, 5) is 11.9. The van der Waals surface area contributed by atoms with Crippen molar-refractivity contribution >= 4 is 16.7 Å². The molecule has 2 N–H and O–H groups in total. The fraction of sp³-hybridized carbons (Fsp3) is 0.462. The van der Waals surface area contributed by atoms with Crippen molar-refractivity contribution in [2.45, 2.75) is 25.3 Å². The number of benzene rings is 1. The van der Waals surface area contributed by atoms with Gasteiger partial charge in [0.2, 0.25) is 0 Å². The molecule has 5 heteroatoms. The molecule has 1 aromatic carbocycles. The average Bonchev–Trinajstić information content (AvgIpc) is 2.82. The lowest BCUT2D eigenvalue weighted by Gasteiger charge is -2.10. The predicted octanol–water partition coefficient (Wildman–Crippen LogP) is 0.787. The second kappa shape index (κ2) is 5.63. The maximum atomic E-state index is 11.9. The van der Waals surface area contributed by atoms with Gasteiger partial charge in [0.1, 0.15) is 0 Å². The average molecular weight is 266 g/mol. The molecule has 4 nitrogen and oxygen atoms in total. The normalized spacial score (nSPS) is 17.0. The Morgan fingerprint density at radius 3 is 2.89 bits per heavy atom. The molecule has 0 saturated heterocycles. The van der Waals surface area contributed by atoms with E-state index >= 15 is 0 Å². The SMILES string of the molecule is CC(CNC(=O)c1ccc2c(c1)CNC2)S(C)=O. The van der Waals surface area contributed by atoms with Crippen molar-refractivity contribution in [3.8, 4) is 0 Å². The van der Waals surface area contributed by atoms with Crippen LogP contribution in [0.2, 0.25) is 0 Å². The summed E-state index contributed by atoms with van der Waals surface area (Å²) in [6.45, 7) is 4.01. The van der Waals surface area contributed by atoms with E-state index in [9.17, 15) is 9.00 Å². The summed E-state index contributed by atoms with van der Waals surface area (Å²) < 4.78 is 11.2. The minimum atomic E-state index is -0.908. The largest absolute Gasteiger partial charge is 0.351 e. The van der Waals surface area contributed by atoms with E-state index in [1.54, 1.807) is 6.26 Å². The number of rotatable bonds is 4. The predicted molar refractivity (Wildman–Crippen MR) is 72.8 cm³/mol. The molecule has 2 atom stereocenters. The van der Waals surface area contributed by atoms with Crippen LogP contribution >= 0.6 is 0 Å². The lowest BCUT2D eigenvalue weighted by atomic mass is 10.1. The Kier molecular flexibility index (Phi) is 4.14. The van der Waals surface area contributed by atoms with Crippen molar-refractivity contribution in [2.24, 2.45) is 0 Å². The van der Waals surface area contributed by atoms with Crippen LogP contribution in [0.1, 0.15) is 28.4 Å². The summed E-state index contributed by atoms with van der Waals surface area (Å²) >= 11 is 0. The van der Waals surface area contributed by atoms with Crippen LogP contribution in [0.3, 0.4) is 0 Å². The van der Waals surface area contributed by atoms with Gasteiger partial charge in [-0.3, -0.25) is 9.00 Å². The van der Waals surface area contributed by atoms with E-state index in [1.807, 2.05) is 25.1 Å². The van der Waals surface area contributed by atoms with Gasteiger partial charge in [-0.2, -0.15) is 0 Å². The Balaban J connectivity index is 1.99. The van der Waals surface area contributed by atoms with Gasteiger partial charge in [0.25, 0.3) is 5.91 Å². The maximum absolute atomic E-state index is 11.9. The van der Waals surface area contributed by atoms with Crippen LogP contribution in [0.15, 0.2) is 18.2 Å². The molecular weight excluding hydrogens is 248 g/mol. The number of nitrogens with one attached hydrogen (secondary N) is 2. The highest BCUT2D eigenvalue weighted by Gasteiger charge is 2.14. The van der Waals surface area contributed by atoms with Gasteiger partial charge >= 0.3 is 0 Å². The van der Waals surface area contributed by atoms with E-state index in [4.69, 9.17) is 0 Å². The summed E-state index contributed by atoms with van der Waals surface area (Å²) in [5.41, 5.74) is 3.12. The molecule has 2 rings (SSSR count). The lowest BCUT2D eigenvalue weighted by molar-refractivity contribution is 0.0954. The summed E-state index contributed by atoms with van der Waals surface area (Å²) in [6.07, 6.45) is 1.65. The van der Waals surface area contributed by atoms with Crippen molar-refractivity contribution in [1.82, 2.24) is 10.6 Å². The van der Waals surface area contributed by atoms with Gasteiger partial charge < -0.3 is 10.6 Å². The van der Waals surface area contributed by atoms with Crippen molar-refractivity contribution < 1.29 is 9.00 Å². The van der Waals surface area contributed by atoms with Gasteiger partial charge in [0, 0.05) is 47.5 Å². The van der Waals surface area contributed by atoms with Gasteiger partial charge in [-0.25, -0.2) is 0 Å². The van der Waals surface area contributed by atoms with Gasteiger partial charge in [-0.05, 0) is 30.2 Å². The molecule has 0 spiro atoms. The van der Waals surface area contributed by atoms with Crippen LogP contribution in [-0.4, -0.2) is 28.2 Å². The molecule has 0 aromatic heterocycles. The Labute approximate surface area is 110 Å². The zero-order chi connectivity index (χ0) is 13.1. The maximum Gasteiger partial charge on any atom is 0.251 e. The minimum absolute atomic E-state index is 0.0231. The second-order valence-corrected chi connectivity index (χ2v) is 6.41. The highest BCUT2D eigenvalue weighted by molar-refractivity contribution is 7.84. The zero-order valence-electron chi connectivity index (χ0n) is 10.7. The number of fused-ring (bicyclic) bond motifs is 1. The molecular formula is C13H18N2O2S. The minimum Gasteiger partial charge on any atom is -0.351 e. The van der Waals surface area contributed by atoms with Gasteiger partial charge in [0.15, 0.2) is 0 Å². The molecule has 0 radical (unpaired) electrons. The molecule has 1 aromatic rings. The van der Waals surface area contributed by atoms with E-state index in [0.717, 1.165) is 13.1 Å². The number of hydrogen-bond donors (Lipinski definition) is 2. The first kappa shape index (κ1) is 13.2. The summed E-state index contributed by atoms with van der Waals surface area (Å²) in [7, 11) is -0.908. The number of hydrogen-bond acceptors (Lipinski definition) is 3. The first-order chi connectivity index (χ1) is 8.58. The Bertz CT molecular complexity index is 488. The quantitative estimate of drug-likeness (QED) is 0.847. The van der Waals surface area contributed by atoms with Crippen molar-refractivity contribution in [3.05, 3.63) is 34.9 Å². The van der Waals surface area contributed by atoms with Crippen molar-refractivity contribution in [3.63, 3.8) is 0 Å². The van der Waals surface area contributed by atoms with E-state index in [2.05, 4.69) is 10.6 Å². The molecule has 98 valence electrons. The van der Waals surface area contributed by atoms with Crippen molar-refractivity contribution in [2.75, 3.05) is 12.8 Å². The third-order valence-electron chi connectivity index (χ3n) is 3.22. The Morgan fingerprint density at radius 2 is 2.17 bits per heavy atom. The monoisotopic (exact) mass is 266 g/mol. The molecule has 1 aliphatic rings. The van der Waals surface area contributed by atoms with E-state index in [1.165, 1.54) is 11.1 Å². The van der Waals surface area contributed by atoms with Crippen LogP contribution in [0.5, 0.6) is 0 Å². The summed E-state index contributed by atoms with van der Waals surface area (Å²) in [5, 5.41) is 6.04. The molecule has 0 saturated carbocycles. The molecule has 2 unspecified atom stereocenters. The van der Waals surface area contributed by atoms with E-state index < -0.39 is 10.8 Å². The summed E-state index contributed by atoms with van der Waals surface area (Å²) in [5.74, 6) is -0.0954. The molecule has 0 fully saturated rings. The number of carbonyl (C=O) groups excluding carboxylic acids is 1. The highest BCUT2D eigenvalue weighted by atomic mass is 32.2. The van der Waals surface area contributed by atoms with E-state index in [-0.39, 0.29) is 11.2 Å². The van der Waals surface area contributed by atoms with Gasteiger partial charge in [-0.1, -0.05) is 6.07 Å². The molecule has 1 aliphatic heterocycles. The van der Waals surface area contributed by atoms with Gasteiger partial charge in [0.05, 0.1) is 0 Å². The van der Waals surface area contributed by atoms with Crippen molar-refractivity contribution in [1.29, 1.82) is 0 Å². The van der Waals surface area contributed by atoms with Crippen LogP contribution in [0.25, 0.3) is 0 Å². The number of amides is 1. The highest BCUT2D eigenvalue weighted by Crippen LogP contribution is 2.16. The van der Waals surface area contributed by atoms with Crippen LogP contribution < -0.4 is 10.6 Å². The fourth-order valence-electron chi connectivity index (χ4n) is 1.89. The van der Waals surface area contributed by atoms with Crippen LogP contribution in [0.4, 0.5) is 0 Å².